The van der Waals surface area contributed by atoms with Gasteiger partial charge in [0.2, 0.25) is 5.95 Å². The molecule has 0 bridgehead atoms. The topological polar surface area (TPSA) is 59.8 Å². The second-order valence-corrected chi connectivity index (χ2v) is 7.23. The summed E-state index contributed by atoms with van der Waals surface area (Å²) >= 11 is 0. The van der Waals surface area contributed by atoms with Gasteiger partial charge in [0.25, 0.3) is 5.56 Å². The smallest absolute Gasteiger partial charge is 0.259 e. The average molecular weight is 370 g/mol. The van der Waals surface area contributed by atoms with Gasteiger partial charge in [-0.05, 0) is 38.8 Å². The Balaban J connectivity index is 1.78. The van der Waals surface area contributed by atoms with Crippen LogP contribution < -0.4 is 15.2 Å². The van der Waals surface area contributed by atoms with Crippen LogP contribution in [0.1, 0.15) is 24.1 Å². The summed E-state index contributed by atoms with van der Waals surface area (Å²) < 4.78 is 13.1. The highest BCUT2D eigenvalue weighted by molar-refractivity contribution is 5.66. The largest absolute Gasteiger partial charge is 0.495 e. The first-order valence-electron chi connectivity index (χ1n) is 9.41. The van der Waals surface area contributed by atoms with Crippen LogP contribution in [0.2, 0.25) is 0 Å². The van der Waals surface area contributed by atoms with Gasteiger partial charge in [-0.3, -0.25) is 19.2 Å². The Morgan fingerprint density at radius 1 is 1.26 bits per heavy atom. The van der Waals surface area contributed by atoms with Crippen molar-refractivity contribution >= 4 is 11.6 Å². The molecule has 4 rings (SSSR count). The predicted molar refractivity (Wildman–Crippen MR) is 104 cm³/mol. The molecule has 2 aliphatic rings. The molecule has 1 fully saturated rings. The van der Waals surface area contributed by atoms with E-state index in [0.29, 0.717) is 24.8 Å². The summed E-state index contributed by atoms with van der Waals surface area (Å²) in [6, 6.07) is 7.84. The normalized spacial score (nSPS) is 20.0. The van der Waals surface area contributed by atoms with Gasteiger partial charge in [-0.25, -0.2) is 4.98 Å². The number of anilines is 2. The molecule has 1 atom stereocenters. The van der Waals surface area contributed by atoms with Crippen LogP contribution in [0, 0.1) is 13.8 Å². The van der Waals surface area contributed by atoms with E-state index in [0.717, 1.165) is 43.1 Å². The number of hydrogen-bond acceptors (Lipinski definition) is 6. The van der Waals surface area contributed by atoms with Crippen LogP contribution in [0.3, 0.4) is 0 Å². The van der Waals surface area contributed by atoms with Gasteiger partial charge < -0.3 is 9.47 Å². The van der Waals surface area contributed by atoms with Crippen LogP contribution in [-0.2, 0) is 11.4 Å². The van der Waals surface area contributed by atoms with Gasteiger partial charge in [0.05, 0.1) is 32.2 Å². The SMILES string of the molecule is COc1ccccc1N1CN(C[C@H]2CCCO2)Cn2c1nc(C)c(C)c2=O. The molecule has 27 heavy (non-hydrogen) atoms. The fourth-order valence-electron chi connectivity index (χ4n) is 3.81. The van der Waals surface area contributed by atoms with Crippen molar-refractivity contribution in [1.82, 2.24) is 14.5 Å². The van der Waals surface area contributed by atoms with Crippen LogP contribution in [0.15, 0.2) is 29.1 Å². The number of aromatic nitrogens is 2. The van der Waals surface area contributed by atoms with Gasteiger partial charge in [0.15, 0.2) is 0 Å². The fraction of sp³-hybridized carbons (Fsp3) is 0.500. The Kier molecular flexibility index (Phi) is 4.88. The summed E-state index contributed by atoms with van der Waals surface area (Å²) in [6.07, 6.45) is 2.39. The Bertz CT molecular complexity index is 889. The van der Waals surface area contributed by atoms with Crippen molar-refractivity contribution in [2.24, 2.45) is 0 Å². The lowest BCUT2D eigenvalue weighted by molar-refractivity contribution is 0.0584. The van der Waals surface area contributed by atoms with Crippen LogP contribution in [-0.4, -0.2) is 47.5 Å². The quantitative estimate of drug-likeness (QED) is 0.824. The Morgan fingerprint density at radius 3 is 2.81 bits per heavy atom. The molecule has 2 aromatic rings. The maximum absolute atomic E-state index is 13.0. The Hall–Kier alpha value is -2.38. The summed E-state index contributed by atoms with van der Waals surface area (Å²) in [6.45, 7) is 6.50. The molecular weight excluding hydrogens is 344 g/mol. The number of nitrogens with zero attached hydrogens (tertiary/aromatic N) is 4. The van der Waals surface area contributed by atoms with Gasteiger partial charge >= 0.3 is 0 Å². The van der Waals surface area contributed by atoms with Gasteiger partial charge in [-0.2, -0.15) is 0 Å². The third-order valence-electron chi connectivity index (χ3n) is 5.40. The zero-order valence-corrected chi connectivity index (χ0v) is 16.1. The summed E-state index contributed by atoms with van der Waals surface area (Å²) in [5.41, 5.74) is 2.37. The molecule has 1 aromatic heterocycles. The van der Waals surface area contributed by atoms with Crippen molar-refractivity contribution in [2.45, 2.75) is 39.5 Å². The number of fused-ring (bicyclic) bond motifs is 1. The molecular formula is C20H26N4O3. The molecule has 0 spiro atoms. The molecule has 3 heterocycles. The lowest BCUT2D eigenvalue weighted by Crippen LogP contribution is -2.49. The maximum Gasteiger partial charge on any atom is 0.259 e. The molecule has 0 amide bonds. The van der Waals surface area contributed by atoms with Crippen molar-refractivity contribution in [1.29, 1.82) is 0 Å². The molecule has 1 saturated heterocycles. The van der Waals surface area contributed by atoms with E-state index in [-0.39, 0.29) is 11.7 Å². The van der Waals surface area contributed by atoms with Crippen molar-refractivity contribution in [3.63, 3.8) is 0 Å². The summed E-state index contributed by atoms with van der Waals surface area (Å²) in [5, 5.41) is 0. The molecule has 0 radical (unpaired) electrons. The summed E-state index contributed by atoms with van der Waals surface area (Å²) in [5.74, 6) is 1.42. The Morgan fingerprint density at radius 2 is 2.07 bits per heavy atom. The number of aryl methyl sites for hydroxylation is 1. The first-order chi connectivity index (χ1) is 13.1. The number of methoxy groups -OCH3 is 1. The molecule has 144 valence electrons. The number of ether oxygens (including phenoxy) is 2. The van der Waals surface area contributed by atoms with E-state index in [2.05, 4.69) is 9.80 Å². The fourth-order valence-corrected chi connectivity index (χ4v) is 3.81. The highest BCUT2D eigenvalue weighted by Crippen LogP contribution is 2.34. The van der Waals surface area contributed by atoms with Crippen molar-refractivity contribution < 1.29 is 9.47 Å². The van der Waals surface area contributed by atoms with E-state index in [1.54, 1.807) is 11.7 Å². The maximum atomic E-state index is 13.0. The van der Waals surface area contributed by atoms with Gasteiger partial charge in [0.1, 0.15) is 5.75 Å². The molecule has 0 unspecified atom stereocenters. The van der Waals surface area contributed by atoms with Crippen molar-refractivity contribution in [2.75, 3.05) is 31.8 Å². The van der Waals surface area contributed by atoms with E-state index in [1.807, 2.05) is 38.1 Å². The standard InChI is InChI=1S/C20H26N4O3/c1-14-15(2)21-20-23(17-8-4-5-9-18(17)26-3)12-22(13-24(20)19(14)25)11-16-7-6-10-27-16/h4-5,8-9,16H,6-7,10-13H2,1-3H3/t16-/m1/s1. The minimum Gasteiger partial charge on any atom is -0.495 e. The van der Waals surface area contributed by atoms with Crippen molar-refractivity contribution in [3.8, 4) is 5.75 Å². The molecule has 2 aliphatic heterocycles. The van der Waals surface area contributed by atoms with Gasteiger partial charge in [0, 0.05) is 24.4 Å². The zero-order chi connectivity index (χ0) is 19.0. The van der Waals surface area contributed by atoms with Crippen LogP contribution in [0.25, 0.3) is 0 Å². The molecule has 7 heteroatoms. The van der Waals surface area contributed by atoms with Crippen LogP contribution in [0.4, 0.5) is 11.6 Å². The number of rotatable bonds is 4. The number of benzene rings is 1. The van der Waals surface area contributed by atoms with Crippen LogP contribution in [0.5, 0.6) is 5.75 Å². The summed E-state index contributed by atoms with van der Waals surface area (Å²) in [7, 11) is 1.66. The average Bonchev–Trinajstić information content (AvgIpc) is 3.19. The molecule has 7 nitrogen and oxygen atoms in total. The second kappa shape index (κ2) is 7.32. The molecule has 0 saturated carbocycles. The molecule has 0 aliphatic carbocycles. The monoisotopic (exact) mass is 370 g/mol. The third-order valence-corrected chi connectivity index (χ3v) is 5.40. The highest BCUT2D eigenvalue weighted by Gasteiger charge is 2.30. The van der Waals surface area contributed by atoms with E-state index >= 15 is 0 Å². The number of hydrogen-bond donors (Lipinski definition) is 0. The third kappa shape index (κ3) is 3.33. The molecule has 0 N–H and O–H groups in total. The predicted octanol–water partition coefficient (Wildman–Crippen LogP) is 2.42. The first kappa shape index (κ1) is 18.0. The lowest BCUT2D eigenvalue weighted by atomic mass is 10.2. The van der Waals surface area contributed by atoms with E-state index in [4.69, 9.17) is 14.5 Å². The van der Waals surface area contributed by atoms with Crippen LogP contribution >= 0.6 is 0 Å². The molecule has 1 aromatic carbocycles. The second-order valence-electron chi connectivity index (χ2n) is 7.23. The number of para-hydroxylation sites is 2. The van der Waals surface area contributed by atoms with Gasteiger partial charge in [-0.1, -0.05) is 12.1 Å². The van der Waals surface area contributed by atoms with E-state index in [9.17, 15) is 4.79 Å². The van der Waals surface area contributed by atoms with Crippen molar-refractivity contribution in [3.05, 3.63) is 45.9 Å². The minimum atomic E-state index is 0.00874. The van der Waals surface area contributed by atoms with Gasteiger partial charge in [-0.15, -0.1) is 0 Å². The minimum absolute atomic E-state index is 0.00874. The zero-order valence-electron chi connectivity index (χ0n) is 16.1. The summed E-state index contributed by atoms with van der Waals surface area (Å²) in [4.78, 5) is 22.0. The Labute approximate surface area is 159 Å². The van der Waals surface area contributed by atoms with E-state index < -0.39 is 0 Å². The first-order valence-corrected chi connectivity index (χ1v) is 9.41. The van der Waals surface area contributed by atoms with E-state index in [1.165, 1.54) is 0 Å². The lowest BCUT2D eigenvalue weighted by Gasteiger charge is -2.39. The highest BCUT2D eigenvalue weighted by atomic mass is 16.5.